The highest BCUT2D eigenvalue weighted by Crippen LogP contribution is 2.10. The number of rotatable bonds is 6. The Kier molecular flexibility index (Phi) is 5.42. The lowest BCUT2D eigenvalue weighted by Gasteiger charge is -2.10. The predicted octanol–water partition coefficient (Wildman–Crippen LogP) is 0.949. The van der Waals surface area contributed by atoms with Gasteiger partial charge in [0.15, 0.2) is 6.61 Å². The molecule has 0 bridgehead atoms. The van der Waals surface area contributed by atoms with Gasteiger partial charge in [0.1, 0.15) is 11.6 Å². The van der Waals surface area contributed by atoms with Crippen LogP contribution in [0.4, 0.5) is 4.39 Å². The van der Waals surface area contributed by atoms with Gasteiger partial charge in [0.05, 0.1) is 0 Å². The maximum absolute atomic E-state index is 12.6. The highest BCUT2D eigenvalue weighted by Gasteiger charge is 2.05. The molecule has 0 spiro atoms. The fraction of sp³-hybridized carbons (Fsp3) is 0.417. The Morgan fingerprint density at radius 3 is 2.71 bits per heavy atom. The molecule has 94 valence electrons. The predicted molar refractivity (Wildman–Crippen MR) is 61.2 cm³/mol. The summed E-state index contributed by atoms with van der Waals surface area (Å²) >= 11 is 0. The summed E-state index contributed by atoms with van der Waals surface area (Å²) in [6.07, 6.45) is 0. The molecule has 1 aromatic carbocycles. The molecule has 0 radical (unpaired) electrons. The summed E-state index contributed by atoms with van der Waals surface area (Å²) in [5.41, 5.74) is 0. The maximum atomic E-state index is 12.6. The summed E-state index contributed by atoms with van der Waals surface area (Å²) in [5, 5.41) is 11.4. The van der Waals surface area contributed by atoms with Crippen molar-refractivity contribution in [1.82, 2.24) is 5.32 Å². The molecule has 0 saturated heterocycles. The lowest BCUT2D eigenvalue weighted by molar-refractivity contribution is -0.123. The Morgan fingerprint density at radius 1 is 1.47 bits per heavy atom. The first-order chi connectivity index (χ1) is 8.11. The van der Waals surface area contributed by atoms with Gasteiger partial charge >= 0.3 is 0 Å². The van der Waals surface area contributed by atoms with Crippen LogP contribution in [0.3, 0.4) is 0 Å². The molecule has 1 amide bonds. The van der Waals surface area contributed by atoms with Crippen molar-refractivity contribution in [3.8, 4) is 5.75 Å². The standard InChI is InChI=1S/C12H16FNO3/c1-9(7-15)6-14-12(16)8-17-11-4-2-10(13)3-5-11/h2-5,9,15H,6-8H2,1H3,(H,14,16). The van der Waals surface area contributed by atoms with E-state index in [9.17, 15) is 9.18 Å². The number of carbonyl (C=O) groups is 1. The topological polar surface area (TPSA) is 58.6 Å². The van der Waals surface area contributed by atoms with Gasteiger partial charge in [-0.2, -0.15) is 0 Å². The van der Waals surface area contributed by atoms with Gasteiger partial charge in [-0.25, -0.2) is 4.39 Å². The van der Waals surface area contributed by atoms with Crippen LogP contribution in [0.25, 0.3) is 0 Å². The first kappa shape index (κ1) is 13.4. The van der Waals surface area contributed by atoms with Crippen LogP contribution in [0.15, 0.2) is 24.3 Å². The van der Waals surface area contributed by atoms with Crippen molar-refractivity contribution in [3.05, 3.63) is 30.1 Å². The number of hydrogen-bond donors (Lipinski definition) is 2. The van der Waals surface area contributed by atoms with Crippen molar-refractivity contribution in [2.75, 3.05) is 19.8 Å². The maximum Gasteiger partial charge on any atom is 0.257 e. The fourth-order valence-corrected chi connectivity index (χ4v) is 1.08. The Hall–Kier alpha value is -1.62. The number of hydrogen-bond acceptors (Lipinski definition) is 3. The Labute approximate surface area is 99.4 Å². The van der Waals surface area contributed by atoms with Crippen molar-refractivity contribution in [3.63, 3.8) is 0 Å². The van der Waals surface area contributed by atoms with Crippen molar-refractivity contribution in [2.24, 2.45) is 5.92 Å². The van der Waals surface area contributed by atoms with E-state index >= 15 is 0 Å². The van der Waals surface area contributed by atoms with Crippen molar-refractivity contribution < 1.29 is 19.0 Å². The molecular weight excluding hydrogens is 225 g/mol. The van der Waals surface area contributed by atoms with E-state index in [0.29, 0.717) is 12.3 Å². The zero-order valence-corrected chi connectivity index (χ0v) is 9.65. The quantitative estimate of drug-likeness (QED) is 0.779. The minimum atomic E-state index is -0.349. The molecule has 5 heteroatoms. The number of amides is 1. The van der Waals surface area contributed by atoms with Crippen LogP contribution < -0.4 is 10.1 Å². The molecule has 2 N–H and O–H groups in total. The fourth-order valence-electron chi connectivity index (χ4n) is 1.08. The van der Waals surface area contributed by atoms with Gasteiger partial charge in [-0.1, -0.05) is 6.92 Å². The minimum absolute atomic E-state index is 0.0183. The smallest absolute Gasteiger partial charge is 0.257 e. The third-order valence-electron chi connectivity index (χ3n) is 2.14. The lowest BCUT2D eigenvalue weighted by atomic mass is 10.2. The molecular formula is C12H16FNO3. The van der Waals surface area contributed by atoms with Gasteiger partial charge in [-0.3, -0.25) is 4.79 Å². The van der Waals surface area contributed by atoms with E-state index in [1.54, 1.807) is 0 Å². The first-order valence-electron chi connectivity index (χ1n) is 5.37. The van der Waals surface area contributed by atoms with Crippen molar-refractivity contribution in [1.29, 1.82) is 0 Å². The molecule has 0 fully saturated rings. The molecule has 0 saturated carbocycles. The summed E-state index contributed by atoms with van der Waals surface area (Å²) in [7, 11) is 0. The average molecular weight is 241 g/mol. The van der Waals surface area contributed by atoms with E-state index in [1.165, 1.54) is 24.3 Å². The van der Waals surface area contributed by atoms with Gasteiger partial charge in [0.25, 0.3) is 5.91 Å². The number of aliphatic hydroxyl groups is 1. The summed E-state index contributed by atoms with van der Waals surface area (Å²) < 4.78 is 17.7. The number of ether oxygens (including phenoxy) is 1. The normalized spacial score (nSPS) is 11.9. The summed E-state index contributed by atoms with van der Waals surface area (Å²) in [5.74, 6) is -0.158. The van der Waals surface area contributed by atoms with Crippen LogP contribution >= 0.6 is 0 Å². The van der Waals surface area contributed by atoms with Crippen LogP contribution in [0.2, 0.25) is 0 Å². The van der Waals surface area contributed by atoms with Crippen LogP contribution in [0.1, 0.15) is 6.92 Å². The van der Waals surface area contributed by atoms with E-state index in [4.69, 9.17) is 9.84 Å². The Bertz CT molecular complexity index is 353. The van der Waals surface area contributed by atoms with Gasteiger partial charge in [-0.05, 0) is 30.2 Å². The molecule has 0 aliphatic rings. The Balaban J connectivity index is 2.26. The number of halogens is 1. The van der Waals surface area contributed by atoms with Crippen LogP contribution in [-0.4, -0.2) is 30.8 Å². The highest BCUT2D eigenvalue weighted by molar-refractivity contribution is 5.77. The number of carbonyl (C=O) groups excluding carboxylic acids is 1. The second-order valence-corrected chi connectivity index (χ2v) is 3.83. The molecule has 0 heterocycles. The summed E-state index contributed by atoms with van der Waals surface area (Å²) in [6, 6.07) is 5.44. The lowest BCUT2D eigenvalue weighted by Crippen LogP contribution is -2.33. The average Bonchev–Trinajstić information content (AvgIpc) is 2.35. The monoisotopic (exact) mass is 241 g/mol. The van der Waals surface area contributed by atoms with Gasteiger partial charge in [0, 0.05) is 13.2 Å². The highest BCUT2D eigenvalue weighted by atomic mass is 19.1. The molecule has 0 aliphatic carbocycles. The van der Waals surface area contributed by atoms with Crippen LogP contribution in [-0.2, 0) is 4.79 Å². The number of nitrogens with one attached hydrogen (secondary N) is 1. The number of benzene rings is 1. The minimum Gasteiger partial charge on any atom is -0.484 e. The second kappa shape index (κ2) is 6.85. The molecule has 1 atom stereocenters. The van der Waals surface area contributed by atoms with Gasteiger partial charge < -0.3 is 15.2 Å². The van der Waals surface area contributed by atoms with Crippen LogP contribution in [0, 0.1) is 11.7 Å². The molecule has 1 aromatic rings. The zero-order chi connectivity index (χ0) is 12.7. The van der Waals surface area contributed by atoms with E-state index < -0.39 is 0 Å². The number of aliphatic hydroxyl groups excluding tert-OH is 1. The third-order valence-corrected chi connectivity index (χ3v) is 2.14. The summed E-state index contributed by atoms with van der Waals surface area (Å²) in [6.45, 7) is 2.13. The second-order valence-electron chi connectivity index (χ2n) is 3.83. The molecule has 17 heavy (non-hydrogen) atoms. The largest absolute Gasteiger partial charge is 0.484 e. The first-order valence-corrected chi connectivity index (χ1v) is 5.37. The SMILES string of the molecule is CC(CO)CNC(=O)COc1ccc(F)cc1. The van der Waals surface area contributed by atoms with Crippen LogP contribution in [0.5, 0.6) is 5.75 Å². The van der Waals surface area contributed by atoms with E-state index in [-0.39, 0.29) is 30.9 Å². The van der Waals surface area contributed by atoms with E-state index in [2.05, 4.69) is 5.32 Å². The van der Waals surface area contributed by atoms with E-state index in [1.807, 2.05) is 6.92 Å². The molecule has 0 aromatic heterocycles. The molecule has 0 aliphatic heterocycles. The third kappa shape index (κ3) is 5.31. The van der Waals surface area contributed by atoms with Gasteiger partial charge in [0.2, 0.25) is 0 Å². The summed E-state index contributed by atoms with van der Waals surface area (Å²) in [4.78, 5) is 11.3. The van der Waals surface area contributed by atoms with E-state index in [0.717, 1.165) is 0 Å². The zero-order valence-electron chi connectivity index (χ0n) is 9.65. The van der Waals surface area contributed by atoms with Gasteiger partial charge in [-0.15, -0.1) is 0 Å². The molecule has 1 rings (SSSR count). The molecule has 1 unspecified atom stereocenters. The van der Waals surface area contributed by atoms with Crippen molar-refractivity contribution >= 4 is 5.91 Å². The Morgan fingerprint density at radius 2 is 2.12 bits per heavy atom. The molecule has 4 nitrogen and oxygen atoms in total. The van der Waals surface area contributed by atoms with Crippen molar-refractivity contribution in [2.45, 2.75) is 6.92 Å².